The largest absolute Gasteiger partial charge is 0.324 e. The molecule has 0 radical (unpaired) electrons. The van der Waals surface area contributed by atoms with Crippen molar-refractivity contribution in [2.24, 2.45) is 0 Å². The molecule has 0 saturated heterocycles. The van der Waals surface area contributed by atoms with E-state index >= 15 is 0 Å². The molecule has 1 aromatic heterocycles. The normalized spacial score (nSPS) is 10.6. The average molecular weight is 399 g/mol. The Hall–Kier alpha value is -4.06. The first-order chi connectivity index (χ1) is 14.6. The zero-order valence-corrected chi connectivity index (χ0v) is 15.9. The number of anilines is 2. The number of hydrogen-bond donors (Lipinski definition) is 2. The Bertz CT molecular complexity index is 1230. The summed E-state index contributed by atoms with van der Waals surface area (Å²) in [6.07, 6.45) is 1.63. The van der Waals surface area contributed by atoms with Crippen LogP contribution < -0.4 is 10.6 Å². The van der Waals surface area contributed by atoms with E-state index in [0.717, 1.165) is 16.3 Å². The van der Waals surface area contributed by atoms with Crippen molar-refractivity contribution in [3.8, 4) is 0 Å². The van der Waals surface area contributed by atoms with Crippen LogP contribution in [0.3, 0.4) is 0 Å². The number of rotatable bonds is 5. The Balaban J connectivity index is 1.51. The molecule has 4 aromatic rings. The van der Waals surface area contributed by atoms with E-state index in [1.807, 2.05) is 42.5 Å². The van der Waals surface area contributed by atoms with Crippen LogP contribution in [0.1, 0.15) is 16.1 Å². The molecular formula is C24H18FN3O2. The molecule has 2 N–H and O–H groups in total. The number of pyridine rings is 1. The number of benzene rings is 3. The Morgan fingerprint density at radius 2 is 1.60 bits per heavy atom. The van der Waals surface area contributed by atoms with E-state index in [-0.39, 0.29) is 23.7 Å². The number of carbonyl (C=O) groups is 2. The lowest BCUT2D eigenvalue weighted by Crippen LogP contribution is -2.18. The molecule has 148 valence electrons. The van der Waals surface area contributed by atoms with Gasteiger partial charge in [-0.2, -0.15) is 0 Å². The predicted molar refractivity (Wildman–Crippen MR) is 115 cm³/mol. The van der Waals surface area contributed by atoms with Crippen molar-refractivity contribution in [3.63, 3.8) is 0 Å². The summed E-state index contributed by atoms with van der Waals surface area (Å²) in [5.74, 6) is -1.29. The Morgan fingerprint density at radius 1 is 0.800 bits per heavy atom. The van der Waals surface area contributed by atoms with Crippen LogP contribution in [-0.4, -0.2) is 16.8 Å². The van der Waals surface area contributed by atoms with Gasteiger partial charge in [0.1, 0.15) is 11.5 Å². The fourth-order valence-electron chi connectivity index (χ4n) is 3.14. The lowest BCUT2D eigenvalue weighted by Gasteiger charge is -2.13. The number of nitrogens with one attached hydrogen (secondary N) is 2. The zero-order valence-electron chi connectivity index (χ0n) is 15.9. The summed E-state index contributed by atoms with van der Waals surface area (Å²) in [6.45, 7) is 0. The number of fused-ring (bicyclic) bond motifs is 1. The third kappa shape index (κ3) is 4.50. The van der Waals surface area contributed by atoms with Crippen LogP contribution in [0, 0.1) is 5.82 Å². The number of halogens is 1. The quantitative estimate of drug-likeness (QED) is 0.506. The number of hydrogen-bond acceptors (Lipinski definition) is 3. The summed E-state index contributed by atoms with van der Waals surface area (Å²) >= 11 is 0. The third-order valence-corrected chi connectivity index (χ3v) is 4.58. The molecule has 2 amide bonds. The first kappa shape index (κ1) is 19.3. The summed E-state index contributed by atoms with van der Waals surface area (Å²) in [7, 11) is 0. The van der Waals surface area contributed by atoms with Crippen LogP contribution in [0.15, 0.2) is 85.1 Å². The summed E-state index contributed by atoms with van der Waals surface area (Å²) in [6, 6.07) is 22.4. The van der Waals surface area contributed by atoms with Gasteiger partial charge >= 0.3 is 0 Å². The van der Waals surface area contributed by atoms with Gasteiger partial charge in [0.25, 0.3) is 5.91 Å². The van der Waals surface area contributed by atoms with Crippen LogP contribution in [0.4, 0.5) is 15.8 Å². The highest BCUT2D eigenvalue weighted by Crippen LogP contribution is 2.24. The first-order valence-corrected chi connectivity index (χ1v) is 9.38. The molecule has 0 spiro atoms. The molecule has 4 rings (SSSR count). The van der Waals surface area contributed by atoms with Crippen molar-refractivity contribution < 1.29 is 14.0 Å². The summed E-state index contributed by atoms with van der Waals surface area (Å²) in [5, 5.41) is 7.48. The molecule has 0 atom stereocenters. The highest BCUT2D eigenvalue weighted by atomic mass is 19.1. The summed E-state index contributed by atoms with van der Waals surface area (Å²) in [4.78, 5) is 28.9. The van der Waals surface area contributed by atoms with Crippen molar-refractivity contribution in [2.75, 3.05) is 10.6 Å². The van der Waals surface area contributed by atoms with E-state index in [1.165, 1.54) is 24.4 Å². The molecule has 0 bridgehead atoms. The maximum Gasteiger partial charge on any atom is 0.274 e. The van der Waals surface area contributed by atoms with Gasteiger partial charge < -0.3 is 10.6 Å². The second kappa shape index (κ2) is 8.53. The number of carbonyl (C=O) groups excluding carboxylic acids is 2. The maximum absolute atomic E-state index is 13.8. The van der Waals surface area contributed by atoms with E-state index < -0.39 is 11.7 Å². The smallest absolute Gasteiger partial charge is 0.274 e. The van der Waals surface area contributed by atoms with Gasteiger partial charge in [-0.1, -0.05) is 48.5 Å². The summed E-state index contributed by atoms with van der Waals surface area (Å²) in [5.41, 5.74) is 1.53. The third-order valence-electron chi connectivity index (χ3n) is 4.58. The predicted octanol–water partition coefficient (Wildman–Crippen LogP) is 4.81. The number of amides is 2. The monoisotopic (exact) mass is 399 g/mol. The molecule has 1 heterocycles. The molecular weight excluding hydrogens is 381 g/mol. The van der Waals surface area contributed by atoms with Crippen molar-refractivity contribution >= 4 is 34.0 Å². The van der Waals surface area contributed by atoms with Crippen LogP contribution >= 0.6 is 0 Å². The van der Waals surface area contributed by atoms with Gasteiger partial charge in [0.05, 0.1) is 17.8 Å². The van der Waals surface area contributed by atoms with Crippen LogP contribution in [0.5, 0.6) is 0 Å². The second-order valence-electron chi connectivity index (χ2n) is 6.77. The minimum absolute atomic E-state index is 0.120. The maximum atomic E-state index is 13.8. The zero-order chi connectivity index (χ0) is 20.9. The SMILES string of the molecule is O=C(Cc1ccc2ccccc2c1)Nc1cc(F)ccc1NC(=O)c1ccccn1. The fourth-order valence-corrected chi connectivity index (χ4v) is 3.14. The van der Waals surface area contributed by atoms with E-state index in [2.05, 4.69) is 15.6 Å². The van der Waals surface area contributed by atoms with Gasteiger partial charge in [0, 0.05) is 6.20 Å². The van der Waals surface area contributed by atoms with E-state index in [0.29, 0.717) is 5.69 Å². The van der Waals surface area contributed by atoms with Gasteiger partial charge in [-0.15, -0.1) is 0 Å². The molecule has 0 aliphatic heterocycles. The Labute approximate surface area is 172 Å². The minimum atomic E-state index is -0.521. The summed E-state index contributed by atoms with van der Waals surface area (Å²) < 4.78 is 13.8. The molecule has 0 fully saturated rings. The van der Waals surface area contributed by atoms with Crippen LogP contribution in [0.2, 0.25) is 0 Å². The van der Waals surface area contributed by atoms with Crippen LogP contribution in [0.25, 0.3) is 10.8 Å². The molecule has 0 aliphatic rings. The lowest BCUT2D eigenvalue weighted by atomic mass is 10.0. The van der Waals surface area contributed by atoms with E-state index in [1.54, 1.807) is 18.2 Å². The van der Waals surface area contributed by atoms with Gasteiger partial charge in [0.2, 0.25) is 5.91 Å². The standard InChI is InChI=1S/C24H18FN3O2/c25-19-10-11-20(28-24(30)21-7-3-4-12-26-21)22(15-19)27-23(29)14-16-8-9-17-5-1-2-6-18(17)13-16/h1-13,15H,14H2,(H,27,29)(H,28,30). The van der Waals surface area contributed by atoms with Crippen molar-refractivity contribution in [3.05, 3.63) is 102 Å². The molecule has 6 heteroatoms. The molecule has 3 aromatic carbocycles. The van der Waals surface area contributed by atoms with Gasteiger partial charge in [-0.25, -0.2) is 4.39 Å². The number of nitrogens with zero attached hydrogens (tertiary/aromatic N) is 1. The van der Waals surface area contributed by atoms with Crippen LogP contribution in [-0.2, 0) is 11.2 Å². The lowest BCUT2D eigenvalue weighted by molar-refractivity contribution is -0.115. The average Bonchev–Trinajstić information content (AvgIpc) is 2.76. The molecule has 0 aliphatic carbocycles. The fraction of sp³-hybridized carbons (Fsp3) is 0.0417. The number of aromatic nitrogens is 1. The highest BCUT2D eigenvalue weighted by Gasteiger charge is 2.13. The van der Waals surface area contributed by atoms with Gasteiger partial charge in [-0.05, 0) is 46.7 Å². The highest BCUT2D eigenvalue weighted by molar-refractivity contribution is 6.06. The van der Waals surface area contributed by atoms with E-state index in [4.69, 9.17) is 0 Å². The topological polar surface area (TPSA) is 71.1 Å². The minimum Gasteiger partial charge on any atom is -0.324 e. The van der Waals surface area contributed by atoms with Crippen molar-refractivity contribution in [1.29, 1.82) is 0 Å². The first-order valence-electron chi connectivity index (χ1n) is 9.38. The van der Waals surface area contributed by atoms with Gasteiger partial charge in [0.15, 0.2) is 0 Å². The van der Waals surface area contributed by atoms with Gasteiger partial charge in [-0.3, -0.25) is 14.6 Å². The second-order valence-corrected chi connectivity index (χ2v) is 6.77. The van der Waals surface area contributed by atoms with Crippen molar-refractivity contribution in [1.82, 2.24) is 4.98 Å². The molecule has 0 saturated carbocycles. The Kier molecular flexibility index (Phi) is 5.48. The molecule has 30 heavy (non-hydrogen) atoms. The van der Waals surface area contributed by atoms with E-state index in [9.17, 15) is 14.0 Å². The Morgan fingerprint density at radius 3 is 2.40 bits per heavy atom. The molecule has 0 unspecified atom stereocenters. The molecule has 5 nitrogen and oxygen atoms in total. The van der Waals surface area contributed by atoms with Crippen molar-refractivity contribution in [2.45, 2.75) is 6.42 Å².